The predicted octanol–water partition coefficient (Wildman–Crippen LogP) is 1.12. The van der Waals surface area contributed by atoms with Crippen molar-refractivity contribution in [2.75, 3.05) is 0 Å². The number of rotatable bonds is 3. The van der Waals surface area contributed by atoms with E-state index in [-0.39, 0.29) is 11.2 Å². The molecule has 0 unspecified atom stereocenters. The highest BCUT2D eigenvalue weighted by Crippen LogP contribution is 2.25. The Morgan fingerprint density at radius 2 is 1.88 bits per heavy atom. The zero-order chi connectivity index (χ0) is 12.4. The van der Waals surface area contributed by atoms with Gasteiger partial charge in [-0.25, -0.2) is 0 Å². The van der Waals surface area contributed by atoms with Crippen LogP contribution in [0.5, 0.6) is 5.75 Å². The van der Waals surface area contributed by atoms with E-state index >= 15 is 0 Å². The largest absolute Gasteiger partial charge is 0.488 e. The van der Waals surface area contributed by atoms with Crippen molar-refractivity contribution in [3.05, 3.63) is 36.4 Å². The van der Waals surface area contributed by atoms with Crippen molar-refractivity contribution in [1.29, 1.82) is 0 Å². The normalized spacial score (nSPS) is 10.9. The minimum Gasteiger partial charge on any atom is -0.434 e. The number of ether oxygens (including phenoxy) is 1. The van der Waals surface area contributed by atoms with Crippen molar-refractivity contribution >= 4 is 23.4 Å². The maximum Gasteiger partial charge on any atom is 0.488 e. The smallest absolute Gasteiger partial charge is 0.434 e. The Kier molecular flexibility index (Phi) is 3.26. The summed E-state index contributed by atoms with van der Waals surface area (Å²) in [6.07, 6.45) is 0. The molecule has 0 amide bonds. The van der Waals surface area contributed by atoms with Crippen molar-refractivity contribution in [1.82, 2.24) is 0 Å². The molecule has 0 fully saturated rings. The zero-order valence-corrected chi connectivity index (χ0v) is 8.68. The summed E-state index contributed by atoms with van der Waals surface area (Å²) >= 11 is 0. The minimum absolute atomic E-state index is 0.0139. The highest BCUT2D eigenvalue weighted by molar-refractivity contribution is 6.58. The van der Waals surface area contributed by atoms with E-state index in [1.807, 2.05) is 0 Å². The van der Waals surface area contributed by atoms with E-state index < -0.39 is 13.7 Å². The van der Waals surface area contributed by atoms with Gasteiger partial charge in [-0.15, -0.1) is 0 Å². The lowest BCUT2D eigenvalue weighted by Crippen LogP contribution is -2.29. The van der Waals surface area contributed by atoms with Gasteiger partial charge in [0, 0.05) is 5.39 Å². The second kappa shape index (κ2) is 4.69. The van der Waals surface area contributed by atoms with Crippen molar-refractivity contribution < 1.29 is 23.6 Å². The lowest BCUT2D eigenvalue weighted by atomic mass is 9.79. The number of halogens is 2. The molecule has 0 saturated carbocycles. The second-order valence-electron chi connectivity index (χ2n) is 3.49. The van der Waals surface area contributed by atoms with Crippen LogP contribution >= 0.6 is 0 Å². The Labute approximate surface area is 96.4 Å². The third-order valence-corrected chi connectivity index (χ3v) is 2.38. The Balaban J connectivity index is 2.55. The molecule has 0 radical (unpaired) electrons. The van der Waals surface area contributed by atoms with Gasteiger partial charge in [-0.1, -0.05) is 30.3 Å². The Morgan fingerprint density at radius 1 is 1.12 bits per heavy atom. The molecule has 0 heterocycles. The summed E-state index contributed by atoms with van der Waals surface area (Å²) in [4.78, 5) is 0. The second-order valence-corrected chi connectivity index (χ2v) is 3.49. The van der Waals surface area contributed by atoms with Crippen LogP contribution in [-0.4, -0.2) is 23.8 Å². The van der Waals surface area contributed by atoms with Gasteiger partial charge in [-0.05, 0) is 16.9 Å². The topological polar surface area (TPSA) is 49.7 Å². The van der Waals surface area contributed by atoms with Crippen LogP contribution in [0.25, 0.3) is 10.8 Å². The number of hydrogen-bond donors (Lipinski definition) is 2. The van der Waals surface area contributed by atoms with Gasteiger partial charge in [0.1, 0.15) is 5.75 Å². The molecular formula is C11H9BF2O3. The molecule has 3 nitrogen and oxygen atoms in total. The van der Waals surface area contributed by atoms with Gasteiger partial charge in [0.15, 0.2) is 0 Å². The summed E-state index contributed by atoms with van der Waals surface area (Å²) in [5.74, 6) is 0.0139. The summed E-state index contributed by atoms with van der Waals surface area (Å²) in [7, 11) is -1.64. The molecule has 0 saturated heterocycles. The van der Waals surface area contributed by atoms with Crippen LogP contribution < -0.4 is 10.2 Å². The van der Waals surface area contributed by atoms with Crippen LogP contribution in [0, 0.1) is 0 Å². The molecule has 2 rings (SSSR count). The molecule has 2 aromatic rings. The van der Waals surface area contributed by atoms with E-state index in [9.17, 15) is 8.78 Å². The molecular weight excluding hydrogens is 229 g/mol. The monoisotopic (exact) mass is 238 g/mol. The fraction of sp³-hybridized carbons (Fsp3) is 0.0909. The van der Waals surface area contributed by atoms with Crippen LogP contribution in [0.3, 0.4) is 0 Å². The van der Waals surface area contributed by atoms with E-state index in [2.05, 4.69) is 4.74 Å². The molecule has 6 heteroatoms. The molecule has 0 aliphatic carbocycles. The van der Waals surface area contributed by atoms with Gasteiger partial charge < -0.3 is 14.8 Å². The van der Waals surface area contributed by atoms with Crippen LogP contribution in [-0.2, 0) is 0 Å². The molecule has 0 bridgehead atoms. The molecule has 0 atom stereocenters. The first-order valence-electron chi connectivity index (χ1n) is 4.91. The van der Waals surface area contributed by atoms with Crippen LogP contribution in [0.15, 0.2) is 36.4 Å². The van der Waals surface area contributed by atoms with Crippen molar-refractivity contribution in [3.8, 4) is 5.75 Å². The first-order valence-corrected chi connectivity index (χ1v) is 4.91. The molecule has 2 aromatic carbocycles. The van der Waals surface area contributed by atoms with E-state index in [1.165, 1.54) is 18.2 Å². The standard InChI is InChI=1S/C11H9BF2O3/c13-11(14)17-10-3-1-2-7-4-5-8(12(15)16)6-9(7)10/h1-6,11,15-16H. The predicted molar refractivity (Wildman–Crippen MR) is 60.4 cm³/mol. The summed E-state index contributed by atoms with van der Waals surface area (Å²) < 4.78 is 28.7. The molecule has 0 aromatic heterocycles. The summed E-state index contributed by atoms with van der Waals surface area (Å²) in [5, 5.41) is 19.1. The van der Waals surface area contributed by atoms with E-state index in [4.69, 9.17) is 10.0 Å². The van der Waals surface area contributed by atoms with Crippen molar-refractivity contribution in [3.63, 3.8) is 0 Å². The maximum atomic E-state index is 12.2. The Hall–Kier alpha value is -1.66. The lowest BCUT2D eigenvalue weighted by molar-refractivity contribution is -0.0487. The van der Waals surface area contributed by atoms with Gasteiger partial charge in [-0.3, -0.25) is 0 Å². The maximum absolute atomic E-state index is 12.2. The fourth-order valence-corrected chi connectivity index (χ4v) is 1.62. The van der Waals surface area contributed by atoms with Crippen LogP contribution in [0.2, 0.25) is 0 Å². The Bertz CT molecular complexity index is 531. The number of fused-ring (bicyclic) bond motifs is 1. The SMILES string of the molecule is OB(O)c1ccc2cccc(OC(F)F)c2c1. The third-order valence-electron chi connectivity index (χ3n) is 2.38. The quantitative estimate of drug-likeness (QED) is 0.787. The average molecular weight is 238 g/mol. The van der Waals surface area contributed by atoms with Crippen LogP contribution in [0.4, 0.5) is 8.78 Å². The molecule has 88 valence electrons. The highest BCUT2D eigenvalue weighted by atomic mass is 19.3. The minimum atomic E-state index is -2.91. The summed E-state index contributed by atoms with van der Waals surface area (Å²) in [5.41, 5.74) is 0.225. The van der Waals surface area contributed by atoms with Gasteiger partial charge >= 0.3 is 13.7 Å². The first-order chi connectivity index (χ1) is 8.08. The van der Waals surface area contributed by atoms with Gasteiger partial charge in [0.25, 0.3) is 0 Å². The van der Waals surface area contributed by atoms with Gasteiger partial charge in [0.05, 0.1) is 0 Å². The molecule has 17 heavy (non-hydrogen) atoms. The molecule has 2 N–H and O–H groups in total. The highest BCUT2D eigenvalue weighted by Gasteiger charge is 2.13. The van der Waals surface area contributed by atoms with Gasteiger partial charge in [0.2, 0.25) is 0 Å². The van der Waals surface area contributed by atoms with Crippen molar-refractivity contribution in [2.45, 2.75) is 6.61 Å². The van der Waals surface area contributed by atoms with E-state index in [0.29, 0.717) is 10.8 Å². The van der Waals surface area contributed by atoms with Gasteiger partial charge in [-0.2, -0.15) is 8.78 Å². The molecule has 0 spiro atoms. The number of hydrogen-bond acceptors (Lipinski definition) is 3. The van der Waals surface area contributed by atoms with E-state index in [1.54, 1.807) is 18.2 Å². The third kappa shape index (κ3) is 2.54. The summed E-state index contributed by atoms with van der Waals surface area (Å²) in [6.45, 7) is -2.91. The van der Waals surface area contributed by atoms with E-state index in [0.717, 1.165) is 0 Å². The fourth-order valence-electron chi connectivity index (χ4n) is 1.62. The Morgan fingerprint density at radius 3 is 2.53 bits per heavy atom. The summed E-state index contributed by atoms with van der Waals surface area (Å²) in [6, 6.07) is 9.26. The molecule has 0 aliphatic rings. The first kappa shape index (κ1) is 11.8. The zero-order valence-electron chi connectivity index (χ0n) is 8.68. The average Bonchev–Trinajstić information content (AvgIpc) is 2.28. The molecule has 0 aliphatic heterocycles. The number of benzene rings is 2. The van der Waals surface area contributed by atoms with Crippen molar-refractivity contribution in [2.24, 2.45) is 0 Å². The van der Waals surface area contributed by atoms with Crippen LogP contribution in [0.1, 0.15) is 0 Å². The lowest BCUT2D eigenvalue weighted by Gasteiger charge is -2.09. The number of alkyl halides is 2.